The Kier molecular flexibility index (Phi) is 6.09. The van der Waals surface area contributed by atoms with Gasteiger partial charge in [0.25, 0.3) is 5.56 Å². The number of nitrogens with one attached hydrogen (secondary N) is 3. The molecule has 2 aromatic heterocycles. The highest BCUT2D eigenvalue weighted by Crippen LogP contribution is 2.25. The number of benzene rings is 2. The Morgan fingerprint density at radius 2 is 1.91 bits per heavy atom. The first-order chi connectivity index (χ1) is 15.5. The number of H-pyrrole nitrogens is 1. The highest BCUT2D eigenvalue weighted by molar-refractivity contribution is 7.99. The third-order valence-electron chi connectivity index (χ3n) is 4.69. The zero-order chi connectivity index (χ0) is 22.7. The summed E-state index contributed by atoms with van der Waals surface area (Å²) in [5.74, 6) is -0.390. The molecule has 0 aliphatic rings. The smallest absolute Gasteiger partial charge is 0.278 e. The van der Waals surface area contributed by atoms with E-state index in [-0.39, 0.29) is 29.7 Å². The van der Waals surface area contributed by atoms with Gasteiger partial charge in [-0.2, -0.15) is 0 Å². The van der Waals surface area contributed by atoms with Crippen LogP contribution in [0.3, 0.4) is 0 Å². The van der Waals surface area contributed by atoms with Gasteiger partial charge in [0.15, 0.2) is 5.16 Å². The highest BCUT2D eigenvalue weighted by Gasteiger charge is 2.16. The Bertz CT molecular complexity index is 1410. The lowest BCUT2D eigenvalue weighted by atomic mass is 10.2. The predicted octanol–water partition coefficient (Wildman–Crippen LogP) is 3.75. The average Bonchev–Trinajstić information content (AvgIpc) is 3.13. The molecule has 0 aliphatic heterocycles. The van der Waals surface area contributed by atoms with Gasteiger partial charge in [0, 0.05) is 35.7 Å². The molecule has 162 valence electrons. The Labute approximate surface area is 187 Å². The van der Waals surface area contributed by atoms with Crippen molar-refractivity contribution in [2.75, 3.05) is 16.4 Å². The summed E-state index contributed by atoms with van der Waals surface area (Å²) >= 11 is 1.18. The fourth-order valence-electron chi connectivity index (χ4n) is 3.38. The standard InChI is InChI=1S/C23H21N5O3S/c1-3-11-28-22(31)21-20(17-9-4-5-10-18(17)26-21)27-23(28)32-13-19(30)25-16-8-6-7-15(12-16)24-14(2)29/h3-10,12,26H,1,11,13H2,2H3,(H,24,29)(H,25,30). The molecule has 0 atom stereocenters. The van der Waals surface area contributed by atoms with Gasteiger partial charge >= 0.3 is 0 Å². The van der Waals surface area contributed by atoms with Gasteiger partial charge in [-0.1, -0.05) is 42.1 Å². The van der Waals surface area contributed by atoms with Crippen LogP contribution in [-0.2, 0) is 16.1 Å². The third-order valence-corrected chi connectivity index (χ3v) is 5.66. The van der Waals surface area contributed by atoms with Crippen molar-refractivity contribution in [3.63, 3.8) is 0 Å². The van der Waals surface area contributed by atoms with Crippen LogP contribution in [0, 0.1) is 0 Å². The van der Waals surface area contributed by atoms with Gasteiger partial charge in [0.1, 0.15) is 11.0 Å². The molecule has 4 aromatic rings. The Balaban J connectivity index is 1.58. The van der Waals surface area contributed by atoms with E-state index < -0.39 is 0 Å². The van der Waals surface area contributed by atoms with Crippen molar-refractivity contribution in [1.29, 1.82) is 0 Å². The number of allylic oxidation sites excluding steroid dienone is 1. The normalized spacial score (nSPS) is 10.9. The fraction of sp³-hybridized carbons (Fsp3) is 0.130. The number of nitrogens with zero attached hydrogens (tertiary/aromatic N) is 2. The van der Waals surface area contributed by atoms with Crippen LogP contribution in [-0.4, -0.2) is 32.1 Å². The highest BCUT2D eigenvalue weighted by atomic mass is 32.2. The summed E-state index contributed by atoms with van der Waals surface area (Å²) in [6.07, 6.45) is 1.62. The van der Waals surface area contributed by atoms with E-state index in [9.17, 15) is 14.4 Å². The Hall–Kier alpha value is -3.85. The van der Waals surface area contributed by atoms with Gasteiger partial charge in [-0.05, 0) is 24.3 Å². The van der Waals surface area contributed by atoms with E-state index in [0.717, 1.165) is 10.9 Å². The van der Waals surface area contributed by atoms with E-state index >= 15 is 0 Å². The summed E-state index contributed by atoms with van der Waals surface area (Å²) in [5, 5.41) is 6.77. The molecule has 8 nitrogen and oxygen atoms in total. The number of carbonyl (C=O) groups is 2. The lowest BCUT2D eigenvalue weighted by Crippen LogP contribution is -2.23. The van der Waals surface area contributed by atoms with E-state index in [0.29, 0.717) is 27.6 Å². The molecule has 0 radical (unpaired) electrons. The van der Waals surface area contributed by atoms with Crippen LogP contribution < -0.4 is 16.2 Å². The molecule has 2 aromatic carbocycles. The fourth-order valence-corrected chi connectivity index (χ4v) is 4.18. The van der Waals surface area contributed by atoms with Crippen molar-refractivity contribution in [2.45, 2.75) is 18.6 Å². The van der Waals surface area contributed by atoms with E-state index in [2.05, 4.69) is 27.2 Å². The first-order valence-electron chi connectivity index (χ1n) is 9.88. The number of carbonyl (C=O) groups excluding carboxylic acids is 2. The molecule has 2 heterocycles. The van der Waals surface area contributed by atoms with Gasteiger partial charge in [0.05, 0.1) is 5.75 Å². The molecule has 0 saturated carbocycles. The topological polar surface area (TPSA) is 109 Å². The summed E-state index contributed by atoms with van der Waals surface area (Å²) in [4.78, 5) is 44.7. The van der Waals surface area contributed by atoms with Crippen LogP contribution >= 0.6 is 11.8 Å². The minimum absolute atomic E-state index is 0.0574. The quantitative estimate of drug-likeness (QED) is 0.227. The van der Waals surface area contributed by atoms with E-state index in [1.54, 1.807) is 30.3 Å². The van der Waals surface area contributed by atoms with Crippen LogP contribution in [0.5, 0.6) is 0 Å². The molecule has 0 saturated heterocycles. The van der Waals surface area contributed by atoms with Gasteiger partial charge < -0.3 is 15.6 Å². The predicted molar refractivity (Wildman–Crippen MR) is 128 cm³/mol. The number of rotatable bonds is 7. The minimum Gasteiger partial charge on any atom is -0.349 e. The molecular formula is C23H21N5O3S. The van der Waals surface area contributed by atoms with Crippen molar-refractivity contribution < 1.29 is 9.59 Å². The molecule has 3 N–H and O–H groups in total. The maximum absolute atomic E-state index is 13.1. The average molecular weight is 448 g/mol. The number of aromatic amines is 1. The van der Waals surface area contributed by atoms with Gasteiger partial charge in [-0.15, -0.1) is 6.58 Å². The molecule has 2 amide bonds. The number of para-hydroxylation sites is 1. The second-order valence-electron chi connectivity index (χ2n) is 7.09. The molecule has 0 spiro atoms. The monoisotopic (exact) mass is 447 g/mol. The molecule has 0 bridgehead atoms. The van der Waals surface area contributed by atoms with Gasteiger partial charge in [0.2, 0.25) is 11.8 Å². The molecule has 4 rings (SSSR count). The molecule has 0 aliphatic carbocycles. The van der Waals surface area contributed by atoms with E-state index in [1.165, 1.54) is 23.3 Å². The van der Waals surface area contributed by atoms with Crippen molar-refractivity contribution in [3.05, 3.63) is 71.5 Å². The third kappa shape index (κ3) is 4.42. The number of amides is 2. The second kappa shape index (κ2) is 9.11. The number of aromatic nitrogens is 3. The van der Waals surface area contributed by atoms with Crippen molar-refractivity contribution in [2.24, 2.45) is 0 Å². The lowest BCUT2D eigenvalue weighted by Gasteiger charge is -2.11. The van der Waals surface area contributed by atoms with Crippen molar-refractivity contribution >= 4 is 56.9 Å². The van der Waals surface area contributed by atoms with Gasteiger partial charge in [-0.3, -0.25) is 19.0 Å². The first-order valence-corrected chi connectivity index (χ1v) is 10.9. The molecule has 0 fully saturated rings. The Morgan fingerprint density at radius 1 is 1.16 bits per heavy atom. The summed E-state index contributed by atoms with van der Waals surface area (Å²) in [7, 11) is 0. The zero-order valence-electron chi connectivity index (χ0n) is 17.3. The SMILES string of the molecule is C=CCn1c(SCC(=O)Nc2cccc(NC(C)=O)c2)nc2c([nH]c3ccccc32)c1=O. The minimum atomic E-state index is -0.256. The van der Waals surface area contributed by atoms with E-state index in [4.69, 9.17) is 0 Å². The van der Waals surface area contributed by atoms with Crippen molar-refractivity contribution in [3.8, 4) is 0 Å². The van der Waals surface area contributed by atoms with Crippen LogP contribution in [0.25, 0.3) is 21.9 Å². The van der Waals surface area contributed by atoms with Crippen LogP contribution in [0.2, 0.25) is 0 Å². The number of hydrogen-bond acceptors (Lipinski definition) is 5. The molecule has 32 heavy (non-hydrogen) atoms. The summed E-state index contributed by atoms with van der Waals surface area (Å²) in [5.41, 5.74) is 2.78. The molecule has 0 unspecified atom stereocenters. The van der Waals surface area contributed by atoms with E-state index in [1.807, 2.05) is 24.3 Å². The van der Waals surface area contributed by atoms with Gasteiger partial charge in [-0.25, -0.2) is 4.98 Å². The Morgan fingerprint density at radius 3 is 2.66 bits per heavy atom. The van der Waals surface area contributed by atoms with Crippen LogP contribution in [0.1, 0.15) is 6.92 Å². The summed E-state index contributed by atoms with van der Waals surface area (Å²) < 4.78 is 1.50. The van der Waals surface area contributed by atoms with Crippen molar-refractivity contribution in [1.82, 2.24) is 14.5 Å². The number of thioether (sulfide) groups is 1. The first kappa shape index (κ1) is 21.4. The summed E-state index contributed by atoms with van der Waals surface area (Å²) in [6, 6.07) is 14.5. The number of hydrogen-bond donors (Lipinski definition) is 3. The molecular weight excluding hydrogens is 426 g/mol. The van der Waals surface area contributed by atoms with Crippen LogP contribution in [0.15, 0.2) is 71.1 Å². The number of anilines is 2. The maximum Gasteiger partial charge on any atom is 0.278 e. The maximum atomic E-state index is 13.1. The molecule has 9 heteroatoms. The zero-order valence-corrected chi connectivity index (χ0v) is 18.2. The van der Waals surface area contributed by atoms with Crippen LogP contribution in [0.4, 0.5) is 11.4 Å². The second-order valence-corrected chi connectivity index (χ2v) is 8.03. The summed E-state index contributed by atoms with van der Waals surface area (Å²) in [6.45, 7) is 5.42. The lowest BCUT2D eigenvalue weighted by molar-refractivity contribution is -0.114. The largest absolute Gasteiger partial charge is 0.349 e. The number of fused-ring (bicyclic) bond motifs is 3.